The molecule has 0 saturated carbocycles. The van der Waals surface area contributed by atoms with Gasteiger partial charge in [-0.15, -0.1) is 0 Å². The largest absolute Gasteiger partial charge is 0.481 e. The third-order valence-electron chi connectivity index (χ3n) is 4.67. The van der Waals surface area contributed by atoms with E-state index in [4.69, 9.17) is 19.3 Å². The lowest BCUT2D eigenvalue weighted by atomic mass is 10.1. The van der Waals surface area contributed by atoms with Gasteiger partial charge in [0.05, 0.1) is 12.8 Å². The number of carbonyl (C=O) groups is 4. The third kappa shape index (κ3) is 19.6. The highest BCUT2D eigenvalue weighted by Crippen LogP contribution is 2.09. The summed E-state index contributed by atoms with van der Waals surface area (Å²) in [7, 11) is 0. The lowest BCUT2D eigenvalue weighted by Gasteiger charge is -2.18. The Labute approximate surface area is 186 Å². The molecule has 31 heavy (non-hydrogen) atoms. The quantitative estimate of drug-likeness (QED) is 0.165. The van der Waals surface area contributed by atoms with E-state index >= 15 is 0 Å². The van der Waals surface area contributed by atoms with Crippen LogP contribution in [0.15, 0.2) is 0 Å². The Hall–Kier alpha value is -2.12. The van der Waals surface area contributed by atoms with Gasteiger partial charge in [-0.25, -0.2) is 0 Å². The predicted molar refractivity (Wildman–Crippen MR) is 115 cm³/mol. The molecule has 0 saturated heterocycles. The van der Waals surface area contributed by atoms with Crippen LogP contribution in [0.4, 0.5) is 0 Å². The fraction of sp³-hybridized carbons (Fsp3) is 0.826. The molecule has 0 fully saturated rings. The molecule has 0 aliphatic heterocycles. The molecule has 8 nitrogen and oxygen atoms in total. The van der Waals surface area contributed by atoms with Gasteiger partial charge >= 0.3 is 23.9 Å². The summed E-state index contributed by atoms with van der Waals surface area (Å²) in [6, 6.07) is 0. The first-order valence-electron chi connectivity index (χ1n) is 11.6. The molecule has 0 bridgehead atoms. The molecule has 0 heterocycles. The summed E-state index contributed by atoms with van der Waals surface area (Å²) >= 11 is 0. The summed E-state index contributed by atoms with van der Waals surface area (Å²) in [5.41, 5.74) is 0. The zero-order valence-electron chi connectivity index (χ0n) is 19.2. The van der Waals surface area contributed by atoms with E-state index in [0.29, 0.717) is 12.8 Å². The van der Waals surface area contributed by atoms with Crippen molar-refractivity contribution in [3.8, 4) is 0 Å². The summed E-state index contributed by atoms with van der Waals surface area (Å²) in [6.45, 7) is 3.77. The van der Waals surface area contributed by atoms with E-state index in [1.165, 1.54) is 0 Å². The maximum atomic E-state index is 12.1. The van der Waals surface area contributed by atoms with Crippen molar-refractivity contribution >= 4 is 23.9 Å². The molecule has 180 valence electrons. The van der Waals surface area contributed by atoms with Crippen LogP contribution in [0.2, 0.25) is 0 Å². The first-order chi connectivity index (χ1) is 14.9. The summed E-state index contributed by atoms with van der Waals surface area (Å²) in [5.74, 6) is -2.62. The number of hydrogen-bond donors (Lipinski definition) is 1. The van der Waals surface area contributed by atoms with Crippen molar-refractivity contribution in [3.63, 3.8) is 0 Å². The van der Waals surface area contributed by atoms with E-state index in [1.54, 1.807) is 0 Å². The van der Waals surface area contributed by atoms with Crippen LogP contribution in [-0.4, -0.2) is 48.3 Å². The maximum Gasteiger partial charge on any atom is 0.306 e. The van der Waals surface area contributed by atoms with Crippen LogP contribution in [-0.2, 0) is 33.4 Å². The molecule has 1 unspecified atom stereocenters. The monoisotopic (exact) mass is 444 g/mol. The van der Waals surface area contributed by atoms with Gasteiger partial charge in [0.2, 0.25) is 0 Å². The molecule has 0 spiro atoms. The van der Waals surface area contributed by atoms with Crippen LogP contribution in [0.3, 0.4) is 0 Å². The minimum Gasteiger partial charge on any atom is -0.481 e. The zero-order chi connectivity index (χ0) is 23.3. The van der Waals surface area contributed by atoms with Crippen LogP contribution in [0, 0.1) is 0 Å². The van der Waals surface area contributed by atoms with Gasteiger partial charge in [0, 0.05) is 12.8 Å². The highest BCUT2D eigenvalue weighted by Gasteiger charge is 2.19. The van der Waals surface area contributed by atoms with Crippen molar-refractivity contribution in [1.29, 1.82) is 0 Å². The van der Waals surface area contributed by atoms with Gasteiger partial charge in [-0.2, -0.15) is 0 Å². The smallest absolute Gasteiger partial charge is 0.306 e. The number of carbonyl (C=O) groups excluding carboxylic acids is 3. The van der Waals surface area contributed by atoms with Gasteiger partial charge < -0.3 is 19.3 Å². The second-order valence-electron chi connectivity index (χ2n) is 7.70. The molecule has 0 aliphatic carbocycles. The molecule has 0 aromatic carbocycles. The molecule has 8 heteroatoms. The van der Waals surface area contributed by atoms with E-state index in [-0.39, 0.29) is 38.4 Å². The Balaban J connectivity index is 4.40. The molecule has 0 radical (unpaired) electrons. The average Bonchev–Trinajstić information content (AvgIpc) is 2.73. The van der Waals surface area contributed by atoms with E-state index < -0.39 is 24.0 Å². The molecule has 0 aliphatic rings. The standard InChI is InChI=1S/C23H40O8/c1-3-5-7-9-11-13-21(26)29-17-19(18-30-22(27)16-15-20(24)25)31-23(28)14-12-10-8-6-4-2/h19H,3-18H2,1-2H3,(H,24,25). The molecule has 0 rings (SSSR count). The summed E-state index contributed by atoms with van der Waals surface area (Å²) in [5, 5.41) is 8.62. The predicted octanol–water partition coefficient (Wildman–Crippen LogP) is 4.57. The number of carboxylic acids is 1. The zero-order valence-corrected chi connectivity index (χ0v) is 19.2. The minimum absolute atomic E-state index is 0.193. The minimum atomic E-state index is -1.10. The number of ether oxygens (including phenoxy) is 3. The normalized spacial score (nSPS) is 11.5. The molecular weight excluding hydrogens is 404 g/mol. The van der Waals surface area contributed by atoms with Gasteiger partial charge in [-0.05, 0) is 12.8 Å². The van der Waals surface area contributed by atoms with Crippen molar-refractivity contribution < 1.29 is 38.5 Å². The van der Waals surface area contributed by atoms with E-state index in [2.05, 4.69) is 13.8 Å². The third-order valence-corrected chi connectivity index (χ3v) is 4.67. The van der Waals surface area contributed by atoms with Crippen LogP contribution in [0.5, 0.6) is 0 Å². The molecule has 0 aromatic rings. The van der Waals surface area contributed by atoms with Crippen LogP contribution in [0.1, 0.15) is 104 Å². The molecule has 0 amide bonds. The number of rotatable bonds is 20. The Morgan fingerprint density at radius 3 is 1.55 bits per heavy atom. The Morgan fingerprint density at radius 2 is 1.06 bits per heavy atom. The van der Waals surface area contributed by atoms with Crippen LogP contribution >= 0.6 is 0 Å². The lowest BCUT2D eigenvalue weighted by Crippen LogP contribution is -2.31. The fourth-order valence-electron chi connectivity index (χ4n) is 2.83. The van der Waals surface area contributed by atoms with E-state index in [1.807, 2.05) is 0 Å². The SMILES string of the molecule is CCCCCCCC(=O)OCC(COC(=O)CCC(=O)O)OC(=O)CCCCCCC. The molecule has 0 aromatic heterocycles. The fourth-order valence-corrected chi connectivity index (χ4v) is 2.83. The summed E-state index contributed by atoms with van der Waals surface area (Å²) < 4.78 is 15.5. The number of carboxylic acid groups (broad SMARTS) is 1. The van der Waals surface area contributed by atoms with Crippen molar-refractivity contribution in [2.75, 3.05) is 13.2 Å². The Bertz CT molecular complexity index is 518. The maximum absolute atomic E-state index is 12.1. The Kier molecular flexibility index (Phi) is 18.5. The van der Waals surface area contributed by atoms with Crippen molar-refractivity contribution in [2.24, 2.45) is 0 Å². The first kappa shape index (κ1) is 28.9. The number of aliphatic carboxylic acids is 1. The topological polar surface area (TPSA) is 116 Å². The average molecular weight is 445 g/mol. The van der Waals surface area contributed by atoms with Gasteiger partial charge in [0.15, 0.2) is 6.10 Å². The summed E-state index contributed by atoms with van der Waals surface area (Å²) in [6.07, 6.45) is 9.01. The highest BCUT2D eigenvalue weighted by atomic mass is 16.6. The molecule has 1 atom stereocenters. The number of hydrogen-bond acceptors (Lipinski definition) is 7. The van der Waals surface area contributed by atoms with Crippen molar-refractivity contribution in [3.05, 3.63) is 0 Å². The number of esters is 3. The second-order valence-corrected chi connectivity index (χ2v) is 7.70. The lowest BCUT2D eigenvalue weighted by molar-refractivity contribution is -0.167. The van der Waals surface area contributed by atoms with Gasteiger partial charge in [0.25, 0.3) is 0 Å². The first-order valence-corrected chi connectivity index (χ1v) is 11.6. The number of unbranched alkanes of at least 4 members (excludes halogenated alkanes) is 8. The van der Waals surface area contributed by atoms with Crippen LogP contribution in [0.25, 0.3) is 0 Å². The van der Waals surface area contributed by atoms with Gasteiger partial charge in [-0.3, -0.25) is 19.2 Å². The van der Waals surface area contributed by atoms with E-state index in [0.717, 1.165) is 57.8 Å². The highest BCUT2D eigenvalue weighted by molar-refractivity contribution is 5.76. The van der Waals surface area contributed by atoms with E-state index in [9.17, 15) is 19.2 Å². The Morgan fingerprint density at radius 1 is 0.613 bits per heavy atom. The molecular formula is C23H40O8. The summed E-state index contributed by atoms with van der Waals surface area (Å²) in [4.78, 5) is 46.2. The van der Waals surface area contributed by atoms with Crippen LogP contribution < -0.4 is 0 Å². The van der Waals surface area contributed by atoms with Crippen molar-refractivity contribution in [2.45, 2.75) is 110 Å². The second kappa shape index (κ2) is 19.8. The van der Waals surface area contributed by atoms with Gasteiger partial charge in [0.1, 0.15) is 13.2 Å². The molecule has 1 N–H and O–H groups in total. The van der Waals surface area contributed by atoms with Gasteiger partial charge in [-0.1, -0.05) is 65.2 Å². The van der Waals surface area contributed by atoms with Crippen molar-refractivity contribution in [1.82, 2.24) is 0 Å².